The summed E-state index contributed by atoms with van der Waals surface area (Å²) in [5.41, 5.74) is 2.87. The van der Waals surface area contributed by atoms with Crippen molar-refractivity contribution in [2.24, 2.45) is 0 Å². The van der Waals surface area contributed by atoms with Crippen LogP contribution in [0.1, 0.15) is 18.2 Å². The second-order valence-corrected chi connectivity index (χ2v) is 4.37. The van der Waals surface area contributed by atoms with E-state index in [4.69, 9.17) is 0 Å². The molecule has 0 N–H and O–H groups in total. The third-order valence-corrected chi connectivity index (χ3v) is 3.14. The fourth-order valence-corrected chi connectivity index (χ4v) is 2.35. The Morgan fingerprint density at radius 1 is 1.33 bits per heavy atom. The molecule has 1 aromatic heterocycles. The SMILES string of the molecule is CCc1csc(-c2cc(C)cc(F)c2)n1. The maximum atomic E-state index is 13.2. The normalized spacial score (nSPS) is 10.6. The van der Waals surface area contributed by atoms with Gasteiger partial charge in [0.05, 0.1) is 5.69 Å². The zero-order valence-corrected chi connectivity index (χ0v) is 9.57. The van der Waals surface area contributed by atoms with Crippen molar-refractivity contribution in [1.29, 1.82) is 0 Å². The van der Waals surface area contributed by atoms with Gasteiger partial charge in [-0.3, -0.25) is 0 Å². The van der Waals surface area contributed by atoms with Crippen molar-refractivity contribution in [2.75, 3.05) is 0 Å². The smallest absolute Gasteiger partial charge is 0.124 e. The van der Waals surface area contributed by atoms with Crippen LogP contribution >= 0.6 is 11.3 Å². The van der Waals surface area contributed by atoms with E-state index in [-0.39, 0.29) is 5.82 Å². The molecule has 0 fully saturated rings. The Bertz CT molecular complexity index is 456. The molecule has 1 heterocycles. The van der Waals surface area contributed by atoms with Crippen LogP contribution in [0.3, 0.4) is 0 Å². The summed E-state index contributed by atoms with van der Waals surface area (Å²) in [5, 5.41) is 2.92. The molecule has 0 saturated carbocycles. The Morgan fingerprint density at radius 2 is 2.13 bits per heavy atom. The van der Waals surface area contributed by atoms with E-state index in [2.05, 4.69) is 11.9 Å². The van der Waals surface area contributed by atoms with Gasteiger partial charge in [0.2, 0.25) is 0 Å². The monoisotopic (exact) mass is 221 g/mol. The number of aryl methyl sites for hydroxylation is 2. The van der Waals surface area contributed by atoms with E-state index in [1.54, 1.807) is 11.3 Å². The highest BCUT2D eigenvalue weighted by molar-refractivity contribution is 7.13. The van der Waals surface area contributed by atoms with Gasteiger partial charge in [0.1, 0.15) is 10.8 Å². The van der Waals surface area contributed by atoms with E-state index < -0.39 is 0 Å². The lowest BCUT2D eigenvalue weighted by atomic mass is 10.1. The summed E-state index contributed by atoms with van der Waals surface area (Å²) >= 11 is 1.57. The fraction of sp³-hybridized carbons (Fsp3) is 0.250. The van der Waals surface area contributed by atoms with Crippen molar-refractivity contribution in [3.63, 3.8) is 0 Å². The minimum Gasteiger partial charge on any atom is -0.241 e. The second-order valence-electron chi connectivity index (χ2n) is 3.51. The Kier molecular flexibility index (Phi) is 2.82. The van der Waals surface area contributed by atoms with Crippen LogP contribution in [0.2, 0.25) is 0 Å². The molecule has 2 rings (SSSR count). The molecule has 0 unspecified atom stereocenters. The standard InChI is InChI=1S/C12H12FNS/c1-3-11-7-15-12(14-11)9-4-8(2)5-10(13)6-9/h4-7H,3H2,1-2H3. The molecule has 0 radical (unpaired) electrons. The van der Waals surface area contributed by atoms with Crippen molar-refractivity contribution in [3.05, 3.63) is 40.7 Å². The average molecular weight is 221 g/mol. The molecular weight excluding hydrogens is 209 g/mol. The first-order valence-corrected chi connectivity index (χ1v) is 5.79. The number of hydrogen-bond donors (Lipinski definition) is 0. The van der Waals surface area contributed by atoms with Crippen LogP contribution in [0.4, 0.5) is 4.39 Å². The Morgan fingerprint density at radius 3 is 2.73 bits per heavy atom. The predicted octanol–water partition coefficient (Wildman–Crippen LogP) is 3.82. The number of rotatable bonds is 2. The molecule has 78 valence electrons. The highest BCUT2D eigenvalue weighted by Crippen LogP contribution is 2.25. The topological polar surface area (TPSA) is 12.9 Å². The second kappa shape index (κ2) is 4.11. The number of aromatic nitrogens is 1. The maximum absolute atomic E-state index is 13.2. The number of halogens is 1. The van der Waals surface area contributed by atoms with Crippen LogP contribution in [0.25, 0.3) is 10.6 Å². The molecule has 0 aliphatic rings. The van der Waals surface area contributed by atoms with E-state index in [1.165, 1.54) is 12.1 Å². The van der Waals surface area contributed by atoms with E-state index in [0.29, 0.717) is 0 Å². The molecule has 0 saturated heterocycles. The lowest BCUT2D eigenvalue weighted by molar-refractivity contribution is 0.627. The van der Waals surface area contributed by atoms with E-state index >= 15 is 0 Å². The molecule has 0 aliphatic heterocycles. The summed E-state index contributed by atoms with van der Waals surface area (Å²) in [4.78, 5) is 4.43. The minimum atomic E-state index is -0.196. The molecule has 0 amide bonds. The van der Waals surface area contributed by atoms with Crippen LogP contribution in [-0.4, -0.2) is 4.98 Å². The lowest BCUT2D eigenvalue weighted by Crippen LogP contribution is -1.84. The zero-order chi connectivity index (χ0) is 10.8. The maximum Gasteiger partial charge on any atom is 0.124 e. The minimum absolute atomic E-state index is 0.196. The van der Waals surface area contributed by atoms with Crippen LogP contribution in [0.15, 0.2) is 23.6 Å². The zero-order valence-electron chi connectivity index (χ0n) is 8.75. The van der Waals surface area contributed by atoms with Crippen molar-refractivity contribution < 1.29 is 4.39 Å². The molecular formula is C12H12FNS. The quantitative estimate of drug-likeness (QED) is 0.751. The van der Waals surface area contributed by atoms with Gasteiger partial charge in [-0.1, -0.05) is 6.92 Å². The van der Waals surface area contributed by atoms with Gasteiger partial charge in [-0.15, -0.1) is 11.3 Å². The van der Waals surface area contributed by atoms with Crippen LogP contribution in [0.5, 0.6) is 0 Å². The van der Waals surface area contributed by atoms with E-state index in [9.17, 15) is 4.39 Å². The number of nitrogens with zero attached hydrogens (tertiary/aromatic N) is 1. The van der Waals surface area contributed by atoms with Crippen LogP contribution < -0.4 is 0 Å². The molecule has 1 nitrogen and oxygen atoms in total. The lowest BCUT2D eigenvalue weighted by Gasteiger charge is -1.99. The van der Waals surface area contributed by atoms with Crippen molar-refractivity contribution in [1.82, 2.24) is 4.98 Å². The summed E-state index contributed by atoms with van der Waals surface area (Å²) in [6.07, 6.45) is 0.921. The molecule has 2 aromatic rings. The fourth-order valence-electron chi connectivity index (χ4n) is 1.46. The van der Waals surface area contributed by atoms with Gasteiger partial charge >= 0.3 is 0 Å². The van der Waals surface area contributed by atoms with Gasteiger partial charge in [0.25, 0.3) is 0 Å². The van der Waals surface area contributed by atoms with Gasteiger partial charge < -0.3 is 0 Å². The molecule has 15 heavy (non-hydrogen) atoms. The largest absolute Gasteiger partial charge is 0.241 e. The first-order valence-electron chi connectivity index (χ1n) is 4.91. The third kappa shape index (κ3) is 2.23. The summed E-state index contributed by atoms with van der Waals surface area (Å²) in [7, 11) is 0. The van der Waals surface area contributed by atoms with E-state index in [1.807, 2.05) is 18.4 Å². The Balaban J connectivity index is 2.44. The first-order chi connectivity index (χ1) is 7.19. The molecule has 3 heteroatoms. The molecule has 0 aliphatic carbocycles. The van der Waals surface area contributed by atoms with Gasteiger partial charge in [-0.2, -0.15) is 0 Å². The summed E-state index contributed by atoms with van der Waals surface area (Å²) < 4.78 is 13.2. The number of hydrogen-bond acceptors (Lipinski definition) is 2. The van der Waals surface area contributed by atoms with Crippen LogP contribution in [-0.2, 0) is 6.42 Å². The molecule has 0 atom stereocenters. The Hall–Kier alpha value is -1.22. The average Bonchev–Trinajstić information content (AvgIpc) is 2.64. The van der Waals surface area contributed by atoms with Gasteiger partial charge in [-0.25, -0.2) is 9.37 Å². The summed E-state index contributed by atoms with van der Waals surface area (Å²) in [6.45, 7) is 3.95. The van der Waals surface area contributed by atoms with Gasteiger partial charge in [-0.05, 0) is 37.1 Å². The summed E-state index contributed by atoms with van der Waals surface area (Å²) in [5.74, 6) is -0.196. The highest BCUT2D eigenvalue weighted by atomic mass is 32.1. The Labute approximate surface area is 92.6 Å². The first kappa shape index (κ1) is 10.3. The molecule has 1 aromatic carbocycles. The summed E-state index contributed by atoms with van der Waals surface area (Å²) in [6, 6.07) is 5.02. The highest BCUT2D eigenvalue weighted by Gasteiger charge is 2.05. The number of benzene rings is 1. The van der Waals surface area contributed by atoms with Crippen molar-refractivity contribution >= 4 is 11.3 Å². The van der Waals surface area contributed by atoms with Gasteiger partial charge in [0, 0.05) is 10.9 Å². The van der Waals surface area contributed by atoms with Crippen molar-refractivity contribution in [3.8, 4) is 10.6 Å². The van der Waals surface area contributed by atoms with Crippen molar-refractivity contribution in [2.45, 2.75) is 20.3 Å². The molecule has 0 spiro atoms. The third-order valence-electron chi connectivity index (χ3n) is 2.20. The van der Waals surface area contributed by atoms with Crippen LogP contribution in [0, 0.1) is 12.7 Å². The number of thiazole rings is 1. The predicted molar refractivity (Wildman–Crippen MR) is 61.6 cm³/mol. The van der Waals surface area contributed by atoms with E-state index in [0.717, 1.165) is 28.2 Å². The molecule has 0 bridgehead atoms. The van der Waals surface area contributed by atoms with Gasteiger partial charge in [0.15, 0.2) is 0 Å².